The largest absolute Gasteiger partial charge is 0.384 e. The number of nitrogens with zero attached hydrogens (tertiary/aromatic N) is 2. The summed E-state index contributed by atoms with van der Waals surface area (Å²) in [4.78, 5) is 0. The molecule has 0 aromatic carbocycles. The van der Waals surface area contributed by atoms with Gasteiger partial charge in [-0.25, -0.2) is 0 Å². The Kier molecular flexibility index (Phi) is 2.25. The fourth-order valence-electron chi connectivity index (χ4n) is 2.15. The van der Waals surface area contributed by atoms with Gasteiger partial charge in [-0.2, -0.15) is 5.10 Å². The normalized spacial score (nSPS) is 17.4. The minimum atomic E-state index is 0.485. The number of aromatic nitrogens is 2. The second-order valence-corrected chi connectivity index (χ2v) is 4.59. The number of hydrogen-bond acceptors (Lipinski definition) is 2. The van der Waals surface area contributed by atoms with Gasteiger partial charge >= 0.3 is 0 Å². The van der Waals surface area contributed by atoms with E-state index in [1.54, 1.807) is 0 Å². The van der Waals surface area contributed by atoms with E-state index in [4.69, 9.17) is 5.73 Å². The zero-order valence-electron chi connectivity index (χ0n) is 9.25. The summed E-state index contributed by atoms with van der Waals surface area (Å²) in [5, 5.41) is 4.55. The summed E-state index contributed by atoms with van der Waals surface area (Å²) in [6, 6.07) is 0. The minimum absolute atomic E-state index is 0.485. The zero-order chi connectivity index (χ0) is 10.3. The van der Waals surface area contributed by atoms with Crippen LogP contribution in [0.1, 0.15) is 56.2 Å². The van der Waals surface area contributed by atoms with Gasteiger partial charge in [0.05, 0.1) is 5.69 Å². The molecule has 2 N–H and O–H groups in total. The fraction of sp³-hybridized carbons (Fsp3) is 0.727. The monoisotopic (exact) mass is 193 g/mol. The van der Waals surface area contributed by atoms with Crippen LogP contribution < -0.4 is 5.73 Å². The number of aryl methyl sites for hydroxylation is 1. The summed E-state index contributed by atoms with van der Waals surface area (Å²) in [6.45, 7) is 4.38. The Morgan fingerprint density at radius 3 is 2.50 bits per heavy atom. The molecule has 78 valence electrons. The number of nitrogen functional groups attached to an aromatic ring is 1. The van der Waals surface area contributed by atoms with E-state index >= 15 is 0 Å². The summed E-state index contributed by atoms with van der Waals surface area (Å²) in [5.41, 5.74) is 8.55. The van der Waals surface area contributed by atoms with Crippen LogP contribution in [0, 0.1) is 0 Å². The molecule has 1 aliphatic rings. The molecule has 1 saturated carbocycles. The van der Waals surface area contributed by atoms with Gasteiger partial charge in [0.1, 0.15) is 5.82 Å². The number of nitrogens with two attached hydrogens (primary N) is 1. The standard InChI is InChI=1S/C11H19N3/c1-7(2)9-10(8-5-4-6-8)13-14(3)11(9)12/h7-8H,4-6,12H2,1-3H3. The summed E-state index contributed by atoms with van der Waals surface area (Å²) in [5.74, 6) is 2.01. The lowest BCUT2D eigenvalue weighted by Gasteiger charge is -2.25. The van der Waals surface area contributed by atoms with Gasteiger partial charge < -0.3 is 5.73 Å². The highest BCUT2D eigenvalue weighted by Crippen LogP contribution is 2.40. The number of anilines is 1. The highest BCUT2D eigenvalue weighted by molar-refractivity contribution is 5.47. The van der Waals surface area contributed by atoms with E-state index in [-0.39, 0.29) is 0 Å². The van der Waals surface area contributed by atoms with Crippen LogP contribution in [0.2, 0.25) is 0 Å². The summed E-state index contributed by atoms with van der Waals surface area (Å²) in [7, 11) is 1.93. The summed E-state index contributed by atoms with van der Waals surface area (Å²) >= 11 is 0. The van der Waals surface area contributed by atoms with Gasteiger partial charge in [-0.1, -0.05) is 20.3 Å². The van der Waals surface area contributed by atoms with Crippen LogP contribution in [0.5, 0.6) is 0 Å². The molecule has 0 radical (unpaired) electrons. The first kappa shape index (κ1) is 9.56. The molecule has 0 bridgehead atoms. The van der Waals surface area contributed by atoms with Crippen LogP contribution in [-0.2, 0) is 7.05 Å². The Hall–Kier alpha value is -0.990. The molecule has 0 atom stereocenters. The third-order valence-electron chi connectivity index (χ3n) is 3.23. The fourth-order valence-corrected chi connectivity index (χ4v) is 2.15. The van der Waals surface area contributed by atoms with Crippen molar-refractivity contribution in [2.75, 3.05) is 5.73 Å². The predicted octanol–water partition coefficient (Wildman–Crippen LogP) is 2.39. The van der Waals surface area contributed by atoms with Crippen molar-refractivity contribution >= 4 is 5.82 Å². The lowest BCUT2D eigenvalue weighted by atomic mass is 9.80. The maximum Gasteiger partial charge on any atom is 0.125 e. The van der Waals surface area contributed by atoms with Crippen LogP contribution >= 0.6 is 0 Å². The van der Waals surface area contributed by atoms with E-state index in [2.05, 4.69) is 18.9 Å². The average Bonchev–Trinajstić information content (AvgIpc) is 2.24. The highest BCUT2D eigenvalue weighted by atomic mass is 15.3. The van der Waals surface area contributed by atoms with E-state index in [0.717, 1.165) is 5.82 Å². The third-order valence-corrected chi connectivity index (χ3v) is 3.23. The molecule has 2 rings (SSSR count). The van der Waals surface area contributed by atoms with Crippen molar-refractivity contribution in [1.29, 1.82) is 0 Å². The maximum absolute atomic E-state index is 6.02. The second-order valence-electron chi connectivity index (χ2n) is 4.59. The highest BCUT2D eigenvalue weighted by Gasteiger charge is 2.28. The van der Waals surface area contributed by atoms with E-state index in [1.165, 1.54) is 30.5 Å². The molecule has 0 amide bonds. The molecule has 0 spiro atoms. The smallest absolute Gasteiger partial charge is 0.125 e. The van der Waals surface area contributed by atoms with E-state index in [0.29, 0.717) is 11.8 Å². The Morgan fingerprint density at radius 2 is 2.07 bits per heavy atom. The first-order chi connectivity index (χ1) is 6.61. The van der Waals surface area contributed by atoms with E-state index < -0.39 is 0 Å². The Morgan fingerprint density at radius 1 is 1.43 bits per heavy atom. The van der Waals surface area contributed by atoms with Gasteiger partial charge in [0.2, 0.25) is 0 Å². The summed E-state index contributed by atoms with van der Waals surface area (Å²) in [6.07, 6.45) is 3.92. The van der Waals surface area contributed by atoms with Crippen molar-refractivity contribution < 1.29 is 0 Å². The quantitative estimate of drug-likeness (QED) is 0.783. The molecule has 0 aliphatic heterocycles. The van der Waals surface area contributed by atoms with Gasteiger partial charge in [-0.05, 0) is 18.8 Å². The van der Waals surface area contributed by atoms with E-state index in [1.807, 2.05) is 11.7 Å². The number of rotatable bonds is 2. The topological polar surface area (TPSA) is 43.8 Å². The van der Waals surface area contributed by atoms with Crippen molar-refractivity contribution in [2.24, 2.45) is 7.05 Å². The molecular formula is C11H19N3. The van der Waals surface area contributed by atoms with Crippen LogP contribution in [0.3, 0.4) is 0 Å². The Labute approximate surface area is 85.3 Å². The van der Waals surface area contributed by atoms with Gasteiger partial charge in [0.15, 0.2) is 0 Å². The van der Waals surface area contributed by atoms with Crippen LogP contribution in [0.4, 0.5) is 5.82 Å². The number of hydrogen-bond donors (Lipinski definition) is 1. The first-order valence-corrected chi connectivity index (χ1v) is 5.43. The SMILES string of the molecule is CC(C)c1c(C2CCC2)nn(C)c1N. The molecular weight excluding hydrogens is 174 g/mol. The second kappa shape index (κ2) is 3.30. The molecule has 3 heteroatoms. The lowest BCUT2D eigenvalue weighted by molar-refractivity contribution is 0.404. The maximum atomic E-state index is 6.02. The van der Waals surface area contributed by atoms with E-state index in [9.17, 15) is 0 Å². The molecule has 14 heavy (non-hydrogen) atoms. The van der Waals surface area contributed by atoms with Gasteiger partial charge in [-0.15, -0.1) is 0 Å². The Bertz CT molecular complexity index is 335. The summed E-state index contributed by atoms with van der Waals surface area (Å²) < 4.78 is 1.82. The van der Waals surface area contributed by atoms with Crippen LogP contribution in [0.25, 0.3) is 0 Å². The van der Waals surface area contributed by atoms with Crippen molar-refractivity contribution in [2.45, 2.75) is 44.9 Å². The minimum Gasteiger partial charge on any atom is -0.384 e. The van der Waals surface area contributed by atoms with Crippen LogP contribution in [-0.4, -0.2) is 9.78 Å². The van der Waals surface area contributed by atoms with Gasteiger partial charge in [-0.3, -0.25) is 4.68 Å². The van der Waals surface area contributed by atoms with Gasteiger partial charge in [0.25, 0.3) is 0 Å². The molecule has 0 saturated heterocycles. The molecule has 3 nitrogen and oxygen atoms in total. The van der Waals surface area contributed by atoms with Gasteiger partial charge in [0, 0.05) is 18.5 Å². The molecule has 1 fully saturated rings. The van der Waals surface area contributed by atoms with Crippen molar-refractivity contribution in [3.05, 3.63) is 11.3 Å². The molecule has 1 heterocycles. The zero-order valence-corrected chi connectivity index (χ0v) is 9.25. The predicted molar refractivity (Wildman–Crippen MR) is 58.3 cm³/mol. The lowest BCUT2D eigenvalue weighted by Crippen LogP contribution is -2.12. The molecule has 1 aromatic heterocycles. The third kappa shape index (κ3) is 1.31. The van der Waals surface area contributed by atoms with Crippen molar-refractivity contribution in [3.63, 3.8) is 0 Å². The van der Waals surface area contributed by atoms with Crippen molar-refractivity contribution in [1.82, 2.24) is 9.78 Å². The average molecular weight is 193 g/mol. The first-order valence-electron chi connectivity index (χ1n) is 5.43. The van der Waals surface area contributed by atoms with Crippen LogP contribution in [0.15, 0.2) is 0 Å². The Balaban J connectivity index is 2.42. The molecule has 0 unspecified atom stereocenters. The molecule has 1 aliphatic carbocycles. The van der Waals surface area contributed by atoms with Crippen molar-refractivity contribution in [3.8, 4) is 0 Å². The molecule has 1 aromatic rings.